The fourth-order valence-corrected chi connectivity index (χ4v) is 2.08. The molecular formula is C16H23NO3. The summed E-state index contributed by atoms with van der Waals surface area (Å²) in [6, 6.07) is 7.80. The minimum atomic E-state index is -0.214. The van der Waals surface area contributed by atoms with Crippen molar-refractivity contribution in [3.63, 3.8) is 0 Å². The van der Waals surface area contributed by atoms with E-state index in [0.717, 1.165) is 30.5 Å². The summed E-state index contributed by atoms with van der Waals surface area (Å²) in [5, 5.41) is 0. The highest BCUT2D eigenvalue weighted by Gasteiger charge is 2.13. The van der Waals surface area contributed by atoms with Gasteiger partial charge in [-0.1, -0.05) is 31.2 Å². The van der Waals surface area contributed by atoms with Gasteiger partial charge >= 0.3 is 5.97 Å². The fraction of sp³-hybridized carbons (Fsp3) is 0.500. The van der Waals surface area contributed by atoms with Crippen LogP contribution in [-0.4, -0.2) is 30.4 Å². The molecule has 1 aromatic carbocycles. The Morgan fingerprint density at radius 1 is 1.30 bits per heavy atom. The molecule has 0 aliphatic heterocycles. The van der Waals surface area contributed by atoms with E-state index in [2.05, 4.69) is 0 Å². The minimum Gasteiger partial charge on any atom is -0.466 e. The molecule has 0 aromatic heterocycles. The number of rotatable bonds is 8. The summed E-state index contributed by atoms with van der Waals surface area (Å²) < 4.78 is 4.92. The quantitative estimate of drug-likeness (QED) is 0.542. The Labute approximate surface area is 120 Å². The Hall–Kier alpha value is -1.84. The standard InChI is InChI=1S/C16H23NO3/c1-4-10-17(12-18)13(3)15-8-6-14(7-9-15)11-16(19)20-5-2/h6-9,12-13H,4-5,10-11H2,1-3H3. The van der Waals surface area contributed by atoms with Crippen LogP contribution < -0.4 is 0 Å². The molecule has 0 N–H and O–H groups in total. The Balaban J connectivity index is 2.70. The molecule has 4 nitrogen and oxygen atoms in total. The lowest BCUT2D eigenvalue weighted by molar-refractivity contribution is -0.142. The predicted octanol–water partition coefficient (Wildman–Crippen LogP) is 2.72. The van der Waals surface area contributed by atoms with Crippen LogP contribution in [0.25, 0.3) is 0 Å². The van der Waals surface area contributed by atoms with Gasteiger partial charge in [-0.3, -0.25) is 9.59 Å². The largest absolute Gasteiger partial charge is 0.466 e. The molecule has 1 aromatic rings. The first-order valence-electron chi connectivity index (χ1n) is 7.07. The van der Waals surface area contributed by atoms with Crippen molar-refractivity contribution < 1.29 is 14.3 Å². The highest BCUT2D eigenvalue weighted by molar-refractivity contribution is 5.72. The fourth-order valence-electron chi connectivity index (χ4n) is 2.08. The molecule has 0 spiro atoms. The lowest BCUT2D eigenvalue weighted by Gasteiger charge is -2.25. The van der Waals surface area contributed by atoms with E-state index < -0.39 is 0 Å². The number of hydrogen-bond donors (Lipinski definition) is 0. The van der Waals surface area contributed by atoms with E-state index in [0.29, 0.717) is 6.61 Å². The number of carbonyl (C=O) groups is 2. The maximum absolute atomic E-state index is 11.4. The number of hydrogen-bond acceptors (Lipinski definition) is 3. The van der Waals surface area contributed by atoms with Crippen LogP contribution in [0, 0.1) is 0 Å². The van der Waals surface area contributed by atoms with Crippen LogP contribution >= 0.6 is 0 Å². The van der Waals surface area contributed by atoms with E-state index in [1.54, 1.807) is 11.8 Å². The third-order valence-electron chi connectivity index (χ3n) is 3.23. The topological polar surface area (TPSA) is 46.6 Å². The summed E-state index contributed by atoms with van der Waals surface area (Å²) in [6.07, 6.45) is 2.11. The number of ether oxygens (including phenoxy) is 1. The molecule has 0 saturated heterocycles. The number of benzene rings is 1. The molecule has 1 unspecified atom stereocenters. The van der Waals surface area contributed by atoms with Gasteiger partial charge in [0, 0.05) is 6.54 Å². The Morgan fingerprint density at radius 2 is 1.95 bits per heavy atom. The van der Waals surface area contributed by atoms with Gasteiger partial charge in [-0.2, -0.15) is 0 Å². The molecule has 1 rings (SSSR count). The molecule has 0 saturated carbocycles. The van der Waals surface area contributed by atoms with Crippen molar-refractivity contribution in [2.75, 3.05) is 13.2 Å². The van der Waals surface area contributed by atoms with Gasteiger partial charge in [-0.25, -0.2) is 0 Å². The third-order valence-corrected chi connectivity index (χ3v) is 3.23. The molecule has 0 heterocycles. The molecule has 0 aliphatic rings. The second kappa shape index (κ2) is 8.35. The molecule has 0 fully saturated rings. The second-order valence-electron chi connectivity index (χ2n) is 4.74. The van der Waals surface area contributed by atoms with Crippen molar-refractivity contribution in [2.45, 2.75) is 39.7 Å². The van der Waals surface area contributed by atoms with Gasteiger partial charge in [0.1, 0.15) is 0 Å². The summed E-state index contributed by atoms with van der Waals surface area (Å²) in [4.78, 5) is 24.2. The molecule has 1 amide bonds. The van der Waals surface area contributed by atoms with E-state index >= 15 is 0 Å². The van der Waals surface area contributed by atoms with Gasteiger partial charge in [0.05, 0.1) is 19.1 Å². The van der Waals surface area contributed by atoms with Crippen molar-refractivity contribution in [3.05, 3.63) is 35.4 Å². The zero-order valence-corrected chi connectivity index (χ0v) is 12.5. The smallest absolute Gasteiger partial charge is 0.310 e. The zero-order chi connectivity index (χ0) is 15.0. The first-order valence-corrected chi connectivity index (χ1v) is 7.07. The van der Waals surface area contributed by atoms with E-state index in [9.17, 15) is 9.59 Å². The number of esters is 1. The average Bonchev–Trinajstić information content (AvgIpc) is 2.45. The Morgan fingerprint density at radius 3 is 2.45 bits per heavy atom. The van der Waals surface area contributed by atoms with E-state index in [1.807, 2.05) is 38.1 Å². The van der Waals surface area contributed by atoms with Crippen molar-refractivity contribution in [1.29, 1.82) is 0 Å². The molecule has 110 valence electrons. The highest BCUT2D eigenvalue weighted by Crippen LogP contribution is 2.19. The van der Waals surface area contributed by atoms with Crippen LogP contribution in [0.5, 0.6) is 0 Å². The third kappa shape index (κ3) is 4.68. The van der Waals surface area contributed by atoms with Crippen LogP contribution in [0.2, 0.25) is 0 Å². The minimum absolute atomic E-state index is 0.0455. The Bertz CT molecular complexity index is 428. The summed E-state index contributed by atoms with van der Waals surface area (Å²) in [5.74, 6) is -0.214. The van der Waals surface area contributed by atoms with E-state index in [-0.39, 0.29) is 18.4 Å². The first kappa shape index (κ1) is 16.2. The monoisotopic (exact) mass is 277 g/mol. The molecule has 0 bridgehead atoms. The van der Waals surface area contributed by atoms with E-state index in [1.165, 1.54) is 0 Å². The van der Waals surface area contributed by atoms with Gasteiger partial charge in [-0.15, -0.1) is 0 Å². The van der Waals surface area contributed by atoms with Gasteiger partial charge in [-0.05, 0) is 31.4 Å². The lowest BCUT2D eigenvalue weighted by Crippen LogP contribution is -2.26. The summed E-state index contributed by atoms with van der Waals surface area (Å²) in [6.45, 7) is 7.00. The molecular weight excluding hydrogens is 254 g/mol. The molecule has 20 heavy (non-hydrogen) atoms. The molecule has 4 heteroatoms. The van der Waals surface area contributed by atoms with Crippen LogP contribution in [0.4, 0.5) is 0 Å². The van der Waals surface area contributed by atoms with Gasteiger partial charge < -0.3 is 9.64 Å². The summed E-state index contributed by atoms with van der Waals surface area (Å²) in [5.41, 5.74) is 1.99. The lowest BCUT2D eigenvalue weighted by atomic mass is 10.0. The number of amides is 1. The molecule has 0 radical (unpaired) electrons. The maximum atomic E-state index is 11.4. The van der Waals surface area contributed by atoms with E-state index in [4.69, 9.17) is 4.74 Å². The van der Waals surface area contributed by atoms with Gasteiger partial charge in [0.2, 0.25) is 6.41 Å². The van der Waals surface area contributed by atoms with Gasteiger partial charge in [0.25, 0.3) is 0 Å². The molecule has 0 aliphatic carbocycles. The normalized spacial score (nSPS) is 11.8. The average molecular weight is 277 g/mol. The maximum Gasteiger partial charge on any atom is 0.310 e. The van der Waals surface area contributed by atoms with Crippen molar-refractivity contribution in [3.8, 4) is 0 Å². The van der Waals surface area contributed by atoms with Crippen molar-refractivity contribution in [1.82, 2.24) is 4.90 Å². The predicted molar refractivity (Wildman–Crippen MR) is 78.3 cm³/mol. The van der Waals surface area contributed by atoms with Gasteiger partial charge in [0.15, 0.2) is 0 Å². The first-order chi connectivity index (χ1) is 9.62. The van der Waals surface area contributed by atoms with Crippen LogP contribution in [0.1, 0.15) is 44.4 Å². The van der Waals surface area contributed by atoms with Crippen LogP contribution in [0.15, 0.2) is 24.3 Å². The zero-order valence-electron chi connectivity index (χ0n) is 12.5. The van der Waals surface area contributed by atoms with Crippen molar-refractivity contribution in [2.24, 2.45) is 0 Å². The number of carbonyl (C=O) groups excluding carboxylic acids is 2. The van der Waals surface area contributed by atoms with Crippen LogP contribution in [0.3, 0.4) is 0 Å². The number of nitrogens with zero attached hydrogens (tertiary/aromatic N) is 1. The Kier molecular flexibility index (Phi) is 6.77. The highest BCUT2D eigenvalue weighted by atomic mass is 16.5. The SMILES string of the molecule is CCCN(C=O)C(C)c1ccc(CC(=O)OCC)cc1. The summed E-state index contributed by atoms with van der Waals surface area (Å²) in [7, 11) is 0. The van der Waals surface area contributed by atoms with Crippen molar-refractivity contribution >= 4 is 12.4 Å². The second-order valence-corrected chi connectivity index (χ2v) is 4.74. The van der Waals surface area contributed by atoms with Crippen LogP contribution in [-0.2, 0) is 20.7 Å². The summed E-state index contributed by atoms with van der Waals surface area (Å²) >= 11 is 0. The molecule has 1 atom stereocenters.